The molecule has 0 bridgehead atoms. The zero-order valence-corrected chi connectivity index (χ0v) is 28.9. The van der Waals surface area contributed by atoms with E-state index in [2.05, 4.69) is 0 Å². The normalized spacial score (nSPS) is 10.2. The van der Waals surface area contributed by atoms with Gasteiger partial charge in [-0.05, 0) is 0 Å². The molecule has 0 radical (unpaired) electrons. The topological polar surface area (TPSA) is 183 Å². The van der Waals surface area contributed by atoms with Crippen LogP contribution < -0.4 is 0 Å². The Hall–Kier alpha value is -4.77. The van der Waals surface area contributed by atoms with Crippen molar-refractivity contribution in [3.05, 3.63) is 0 Å². The third-order valence-corrected chi connectivity index (χ3v) is 7.00. The molecule has 0 heterocycles. The molecule has 18 nitrogen and oxygen atoms in total. The Labute approximate surface area is 270 Å². The van der Waals surface area contributed by atoms with E-state index in [-0.39, 0.29) is 57.6 Å². The number of nitrogens with zero attached hydrogens (tertiary/aromatic N) is 9. The van der Waals surface area contributed by atoms with Crippen LogP contribution in [-0.2, 0) is 43.2 Å². The first-order valence-corrected chi connectivity index (χ1v) is 14.2. The van der Waals surface area contributed by atoms with Crippen LogP contribution in [0.3, 0.4) is 0 Å². The van der Waals surface area contributed by atoms with E-state index in [1.807, 2.05) is 0 Å². The molecular weight excluding hydrogens is 606 g/mol. The second-order valence-electron chi connectivity index (χ2n) is 11.4. The summed E-state index contributed by atoms with van der Waals surface area (Å²) in [6.07, 6.45) is 0. The lowest BCUT2D eigenvalue weighted by Crippen LogP contribution is -2.49. The van der Waals surface area contributed by atoms with Gasteiger partial charge in [-0.1, -0.05) is 0 Å². The molecule has 0 aromatic rings. The first-order valence-electron chi connectivity index (χ1n) is 14.2. The van der Waals surface area contributed by atoms with Crippen LogP contribution in [0.4, 0.5) is 0 Å². The van der Waals surface area contributed by atoms with Gasteiger partial charge in [-0.3, -0.25) is 43.2 Å². The minimum absolute atomic E-state index is 0.149. The van der Waals surface area contributed by atoms with Crippen molar-refractivity contribution < 1.29 is 43.2 Å². The van der Waals surface area contributed by atoms with Crippen LogP contribution >= 0.6 is 0 Å². The van der Waals surface area contributed by atoms with Crippen LogP contribution in [0.2, 0.25) is 0 Å². The molecule has 0 aliphatic rings. The second-order valence-corrected chi connectivity index (χ2v) is 11.4. The summed E-state index contributed by atoms with van der Waals surface area (Å²) in [6, 6.07) is 0. The fourth-order valence-electron chi connectivity index (χ4n) is 3.34. The van der Waals surface area contributed by atoms with Crippen LogP contribution in [-0.4, -0.2) is 220 Å². The highest BCUT2D eigenvalue weighted by atomic mass is 16.2. The van der Waals surface area contributed by atoms with Crippen molar-refractivity contribution in [3.8, 4) is 0 Å². The summed E-state index contributed by atoms with van der Waals surface area (Å²) in [4.78, 5) is 121. The van der Waals surface area contributed by atoms with E-state index in [1.54, 1.807) is 14.1 Å². The summed E-state index contributed by atoms with van der Waals surface area (Å²) in [5.74, 6) is -4.27. The Bertz CT molecular complexity index is 1180. The van der Waals surface area contributed by atoms with Crippen molar-refractivity contribution in [1.29, 1.82) is 0 Å². The van der Waals surface area contributed by atoms with Gasteiger partial charge in [0.05, 0.1) is 52.4 Å². The van der Waals surface area contributed by atoms with Gasteiger partial charge in [-0.25, -0.2) is 0 Å². The Balaban J connectivity index is 4.81. The molecule has 0 saturated carbocycles. The Morgan fingerprint density at radius 1 is 0.283 bits per heavy atom. The summed E-state index contributed by atoms with van der Waals surface area (Å²) in [5.41, 5.74) is 0. The first kappa shape index (κ1) is 41.2. The first-order chi connectivity index (χ1) is 21.1. The fraction of sp³-hybridized carbons (Fsp3) is 0.679. The van der Waals surface area contributed by atoms with E-state index in [9.17, 15) is 43.2 Å². The molecule has 0 rings (SSSR count). The van der Waals surface area contributed by atoms with Gasteiger partial charge in [-0.2, -0.15) is 0 Å². The lowest BCUT2D eigenvalue weighted by atomic mass is 10.3. The zero-order valence-electron chi connectivity index (χ0n) is 28.9. The van der Waals surface area contributed by atoms with E-state index in [1.165, 1.54) is 78.0 Å². The Morgan fingerprint density at radius 2 is 0.435 bits per heavy atom. The van der Waals surface area contributed by atoms with Gasteiger partial charge in [0.2, 0.25) is 53.2 Å². The molecule has 0 fully saturated rings. The maximum atomic E-state index is 12.7. The van der Waals surface area contributed by atoms with Crippen LogP contribution in [0.25, 0.3) is 0 Å². The smallest absolute Gasteiger partial charge is 0.242 e. The highest BCUT2D eigenvalue weighted by molar-refractivity contribution is 5.93. The summed E-state index contributed by atoms with van der Waals surface area (Å²) < 4.78 is 0. The standard InChI is InChI=1S/C28H49N9O9/c1-20(38)30(4)13-22(40)32(6)15-24(42)34(8)17-26(44)36(10)19-28(46)37(11)18-27(45)35(9)16-25(43)33(7)14-23(41)31(5)12-21(39)29(2)3/h12-19H2,1-11H3. The molecular formula is C28H49N9O9. The van der Waals surface area contributed by atoms with Crippen molar-refractivity contribution in [2.45, 2.75) is 6.92 Å². The van der Waals surface area contributed by atoms with Gasteiger partial charge in [0.15, 0.2) is 0 Å². The van der Waals surface area contributed by atoms with Crippen LogP contribution in [0.15, 0.2) is 0 Å². The molecule has 0 saturated heterocycles. The minimum atomic E-state index is -0.573. The Morgan fingerprint density at radius 3 is 0.587 bits per heavy atom. The third kappa shape index (κ3) is 14.3. The average molecular weight is 656 g/mol. The van der Waals surface area contributed by atoms with Crippen molar-refractivity contribution >= 4 is 53.2 Å². The van der Waals surface area contributed by atoms with Crippen LogP contribution in [0.5, 0.6) is 0 Å². The zero-order chi connectivity index (χ0) is 36.0. The molecule has 0 spiro atoms. The molecule has 0 aliphatic heterocycles. The van der Waals surface area contributed by atoms with Crippen LogP contribution in [0.1, 0.15) is 6.92 Å². The van der Waals surface area contributed by atoms with Gasteiger partial charge in [-0.15, -0.1) is 0 Å². The van der Waals surface area contributed by atoms with Crippen molar-refractivity contribution in [2.75, 3.05) is 123 Å². The molecule has 0 N–H and O–H groups in total. The predicted octanol–water partition coefficient (Wildman–Crippen LogP) is -4.24. The molecule has 260 valence electrons. The number of carbonyl (C=O) groups is 9. The summed E-state index contributed by atoms with van der Waals surface area (Å²) in [6.45, 7) is -1.18. The molecule has 9 amide bonds. The van der Waals surface area contributed by atoms with Gasteiger partial charge < -0.3 is 44.1 Å². The number of hydrogen-bond donors (Lipinski definition) is 0. The Kier molecular flexibility index (Phi) is 16.9. The highest BCUT2D eigenvalue weighted by Gasteiger charge is 2.25. The maximum absolute atomic E-state index is 12.7. The fourth-order valence-corrected chi connectivity index (χ4v) is 3.34. The van der Waals surface area contributed by atoms with E-state index in [4.69, 9.17) is 0 Å². The number of likely N-dealkylation sites (N-methyl/N-ethyl adjacent to an activating group) is 9. The van der Waals surface area contributed by atoms with Gasteiger partial charge in [0.25, 0.3) is 0 Å². The highest BCUT2D eigenvalue weighted by Crippen LogP contribution is 1.99. The molecule has 0 aromatic carbocycles. The van der Waals surface area contributed by atoms with E-state index < -0.39 is 47.9 Å². The van der Waals surface area contributed by atoms with Crippen molar-refractivity contribution in [2.24, 2.45) is 0 Å². The van der Waals surface area contributed by atoms with Crippen LogP contribution in [0, 0.1) is 0 Å². The maximum Gasteiger partial charge on any atom is 0.242 e. The van der Waals surface area contributed by atoms with Crippen molar-refractivity contribution in [3.63, 3.8) is 0 Å². The predicted molar refractivity (Wildman–Crippen MR) is 165 cm³/mol. The average Bonchev–Trinajstić information content (AvgIpc) is 2.95. The van der Waals surface area contributed by atoms with E-state index in [0.29, 0.717) is 0 Å². The molecule has 0 aliphatic carbocycles. The van der Waals surface area contributed by atoms with Gasteiger partial charge in [0, 0.05) is 77.4 Å². The molecule has 46 heavy (non-hydrogen) atoms. The summed E-state index contributed by atoms with van der Waals surface area (Å²) >= 11 is 0. The molecule has 0 unspecified atom stereocenters. The lowest BCUT2D eigenvalue weighted by molar-refractivity contribution is -0.146. The SMILES string of the molecule is CC(=O)N(C)CC(=O)N(C)CC(=O)N(C)CC(=O)N(C)CC(=O)N(C)CC(=O)N(C)CC(=O)N(C)CC(=O)N(C)CC(=O)N(C)C. The third-order valence-electron chi connectivity index (χ3n) is 7.00. The lowest BCUT2D eigenvalue weighted by Gasteiger charge is -2.27. The molecule has 18 heteroatoms. The molecule has 0 atom stereocenters. The number of amides is 9. The number of rotatable bonds is 16. The monoisotopic (exact) mass is 655 g/mol. The summed E-state index contributed by atoms with van der Waals surface area (Å²) in [7, 11) is 14.3. The van der Waals surface area contributed by atoms with Crippen molar-refractivity contribution in [1.82, 2.24) is 44.1 Å². The van der Waals surface area contributed by atoms with Gasteiger partial charge in [0.1, 0.15) is 0 Å². The van der Waals surface area contributed by atoms with Gasteiger partial charge >= 0.3 is 0 Å². The van der Waals surface area contributed by atoms with E-state index >= 15 is 0 Å². The minimum Gasteiger partial charge on any atom is -0.347 e. The summed E-state index contributed by atoms with van der Waals surface area (Å²) in [5, 5.41) is 0. The number of hydrogen-bond acceptors (Lipinski definition) is 9. The quantitative estimate of drug-likeness (QED) is 0.159. The van der Waals surface area contributed by atoms with E-state index in [0.717, 1.165) is 29.4 Å². The molecule has 0 aromatic heterocycles. The second kappa shape index (κ2) is 18.9. The number of carbonyl (C=O) groups excluding carboxylic acids is 9. The largest absolute Gasteiger partial charge is 0.347 e.